The summed E-state index contributed by atoms with van der Waals surface area (Å²) in [7, 11) is -6.88. The molecule has 0 radical (unpaired) electrons. The lowest BCUT2D eigenvalue weighted by atomic mass is 10.2. The topological polar surface area (TPSA) is 80.3 Å². The second kappa shape index (κ2) is 5.64. The summed E-state index contributed by atoms with van der Waals surface area (Å²) in [6.45, 7) is 0. The van der Waals surface area contributed by atoms with Gasteiger partial charge in [0, 0.05) is 13.5 Å². The lowest BCUT2D eigenvalue weighted by Crippen LogP contribution is -2.47. The van der Waals surface area contributed by atoms with Gasteiger partial charge in [-0.3, -0.25) is 0 Å². The van der Waals surface area contributed by atoms with Crippen LogP contribution in [0, 0.1) is 0 Å². The van der Waals surface area contributed by atoms with E-state index in [-0.39, 0.29) is 23.2 Å². The third-order valence-corrected chi connectivity index (χ3v) is 9.86. The molecule has 2 heterocycles. The van der Waals surface area contributed by atoms with Crippen molar-refractivity contribution >= 4 is 31.0 Å². The van der Waals surface area contributed by atoms with E-state index in [1.807, 2.05) is 0 Å². The largest absolute Gasteiger partial charge is 0.309 e. The molecule has 1 aromatic heterocycles. The molecule has 0 unspecified atom stereocenters. The van der Waals surface area contributed by atoms with Crippen molar-refractivity contribution in [3.8, 4) is 0 Å². The van der Waals surface area contributed by atoms with Crippen LogP contribution in [0.1, 0.15) is 27.1 Å². The van der Waals surface area contributed by atoms with Crippen molar-refractivity contribution < 1.29 is 18.3 Å². The molecular weight excluding hydrogens is 330 g/mol. The average Bonchev–Trinajstić information content (AvgIpc) is 3.10. The summed E-state index contributed by atoms with van der Waals surface area (Å²) in [4.78, 5) is 0. The van der Waals surface area contributed by atoms with Gasteiger partial charge in [-0.1, -0.05) is 18.9 Å². The Morgan fingerprint density at radius 1 is 1.24 bits per heavy atom. The number of rotatable bonds is 4. The van der Waals surface area contributed by atoms with Gasteiger partial charge in [0.15, 0.2) is 19.7 Å². The first-order valence-electron chi connectivity index (χ1n) is 7.12. The molecule has 1 aliphatic heterocycles. The molecule has 0 aromatic carbocycles. The minimum absolute atomic E-state index is 0. The molecule has 0 amide bonds. The fourth-order valence-electron chi connectivity index (χ4n) is 3.25. The third-order valence-electron chi connectivity index (χ3n) is 4.28. The molecule has 120 valence electrons. The molecule has 2 atom stereocenters. The van der Waals surface area contributed by atoms with Crippen LogP contribution in [0.25, 0.3) is 0 Å². The van der Waals surface area contributed by atoms with Crippen molar-refractivity contribution in [3.63, 3.8) is 0 Å². The second-order valence-electron chi connectivity index (χ2n) is 5.85. The minimum atomic E-state index is -3.58. The molecule has 0 bridgehead atoms. The maximum absolute atomic E-state index is 12.7. The molecule has 1 saturated heterocycles. The summed E-state index contributed by atoms with van der Waals surface area (Å²) in [5.74, 6) is -0.337. The van der Waals surface area contributed by atoms with Gasteiger partial charge < -0.3 is 5.32 Å². The van der Waals surface area contributed by atoms with Crippen LogP contribution in [-0.4, -0.2) is 45.7 Å². The van der Waals surface area contributed by atoms with Gasteiger partial charge in [0.25, 0.3) is 0 Å². The van der Waals surface area contributed by atoms with Crippen LogP contribution in [0.5, 0.6) is 0 Å². The van der Waals surface area contributed by atoms with E-state index >= 15 is 0 Å². The molecule has 21 heavy (non-hydrogen) atoms. The summed E-state index contributed by atoms with van der Waals surface area (Å²) in [5, 5.41) is 4.14. The van der Waals surface area contributed by atoms with Crippen LogP contribution in [0.4, 0.5) is 0 Å². The first kappa shape index (κ1) is 15.5. The minimum Gasteiger partial charge on any atom is -0.309 e. The van der Waals surface area contributed by atoms with Gasteiger partial charge in [-0.25, -0.2) is 16.8 Å². The summed E-state index contributed by atoms with van der Waals surface area (Å²) in [6, 6.07) is 3.01. The molecule has 1 aromatic rings. The Kier molecular flexibility index (Phi) is 4.15. The molecule has 1 N–H and O–H groups in total. The van der Waals surface area contributed by atoms with Crippen molar-refractivity contribution in [2.24, 2.45) is 0 Å². The predicted molar refractivity (Wildman–Crippen MR) is 85.2 cm³/mol. The fourth-order valence-corrected chi connectivity index (χ4v) is 9.15. The van der Waals surface area contributed by atoms with Crippen LogP contribution in [0.3, 0.4) is 0 Å². The van der Waals surface area contributed by atoms with E-state index in [4.69, 9.17) is 0 Å². The average molecular weight is 352 g/mol. The highest BCUT2D eigenvalue weighted by Gasteiger charge is 2.46. The highest BCUT2D eigenvalue weighted by molar-refractivity contribution is 7.97. The SMILES string of the molecule is O=S1(=O)C[C@H](NC2CCCC2)[C@@H](S(=O)(=O)c2cccs2)C1.[HH]. The molecule has 3 rings (SSSR count). The van der Waals surface area contributed by atoms with E-state index in [1.54, 1.807) is 17.5 Å². The van der Waals surface area contributed by atoms with Crippen molar-refractivity contribution in [1.82, 2.24) is 5.32 Å². The number of thiophene rings is 1. The maximum atomic E-state index is 12.7. The highest BCUT2D eigenvalue weighted by atomic mass is 32.2. The molecule has 1 saturated carbocycles. The first-order valence-corrected chi connectivity index (χ1v) is 11.4. The first-order chi connectivity index (χ1) is 9.88. The lowest BCUT2D eigenvalue weighted by molar-refractivity contribution is 0.450. The molecule has 2 fully saturated rings. The molecular formula is C13H21NO4S3. The van der Waals surface area contributed by atoms with E-state index in [9.17, 15) is 16.8 Å². The van der Waals surface area contributed by atoms with E-state index < -0.39 is 31.0 Å². The fraction of sp³-hybridized carbons (Fsp3) is 0.692. The Bertz CT molecular complexity index is 694. The van der Waals surface area contributed by atoms with Crippen LogP contribution in [-0.2, 0) is 19.7 Å². The maximum Gasteiger partial charge on any atom is 0.193 e. The zero-order valence-electron chi connectivity index (χ0n) is 11.6. The Hall–Kier alpha value is -0.440. The third kappa shape index (κ3) is 3.18. The summed E-state index contributed by atoms with van der Waals surface area (Å²) < 4.78 is 49.5. The zero-order valence-corrected chi connectivity index (χ0v) is 14.0. The Morgan fingerprint density at radius 3 is 2.57 bits per heavy atom. The molecule has 8 heteroatoms. The van der Waals surface area contributed by atoms with Crippen molar-refractivity contribution in [2.75, 3.05) is 11.5 Å². The lowest BCUT2D eigenvalue weighted by Gasteiger charge is -2.23. The standard InChI is InChI=1S/C13H19NO4S3.H2/c15-20(16)8-11(14-10-4-1-2-5-10)12(9-20)21(17,18)13-6-3-7-19-13;/h3,6-7,10-12,14H,1-2,4-5,8-9H2;1H/t11-,12-;/m0./s1. The molecule has 2 aliphatic rings. The summed E-state index contributed by atoms with van der Waals surface area (Å²) >= 11 is 1.15. The Labute approximate surface area is 131 Å². The number of nitrogens with one attached hydrogen (secondary N) is 1. The van der Waals surface area contributed by atoms with Gasteiger partial charge >= 0.3 is 0 Å². The number of hydrogen-bond donors (Lipinski definition) is 1. The van der Waals surface area contributed by atoms with Crippen molar-refractivity contribution in [1.29, 1.82) is 0 Å². The van der Waals surface area contributed by atoms with E-state index in [1.165, 1.54) is 0 Å². The smallest absolute Gasteiger partial charge is 0.193 e. The van der Waals surface area contributed by atoms with Crippen LogP contribution < -0.4 is 5.32 Å². The van der Waals surface area contributed by atoms with Gasteiger partial charge in [-0.15, -0.1) is 11.3 Å². The van der Waals surface area contributed by atoms with Gasteiger partial charge in [-0.2, -0.15) is 0 Å². The zero-order chi connectivity index (χ0) is 15.1. The van der Waals surface area contributed by atoms with Gasteiger partial charge in [0.1, 0.15) is 4.21 Å². The van der Waals surface area contributed by atoms with Gasteiger partial charge in [0.2, 0.25) is 0 Å². The Morgan fingerprint density at radius 2 is 1.95 bits per heavy atom. The van der Waals surface area contributed by atoms with Gasteiger partial charge in [-0.05, 0) is 24.3 Å². The molecule has 1 aliphatic carbocycles. The highest BCUT2D eigenvalue weighted by Crippen LogP contribution is 2.30. The quantitative estimate of drug-likeness (QED) is 0.888. The van der Waals surface area contributed by atoms with E-state index in [0.717, 1.165) is 37.0 Å². The van der Waals surface area contributed by atoms with Crippen LogP contribution in [0.15, 0.2) is 21.7 Å². The monoisotopic (exact) mass is 351 g/mol. The van der Waals surface area contributed by atoms with Crippen LogP contribution in [0.2, 0.25) is 0 Å². The van der Waals surface area contributed by atoms with E-state index in [0.29, 0.717) is 0 Å². The normalized spacial score (nSPS) is 29.9. The number of sulfone groups is 2. The molecule has 5 nitrogen and oxygen atoms in total. The summed E-state index contributed by atoms with van der Waals surface area (Å²) in [5.41, 5.74) is 0. The Balaban J connectivity index is 0.00000176. The predicted octanol–water partition coefficient (Wildman–Crippen LogP) is 1.47. The second-order valence-corrected chi connectivity index (χ2v) is 11.3. The molecule has 0 spiro atoms. The van der Waals surface area contributed by atoms with Crippen LogP contribution >= 0.6 is 11.3 Å². The van der Waals surface area contributed by atoms with E-state index in [2.05, 4.69) is 5.32 Å². The van der Waals surface area contributed by atoms with Crippen molar-refractivity contribution in [3.05, 3.63) is 17.5 Å². The number of hydrogen-bond acceptors (Lipinski definition) is 6. The summed E-state index contributed by atoms with van der Waals surface area (Å²) in [6.07, 6.45) is 4.25. The van der Waals surface area contributed by atoms with Crippen molar-refractivity contribution in [2.45, 2.75) is 47.2 Å². The van der Waals surface area contributed by atoms with Gasteiger partial charge in [0.05, 0.1) is 16.8 Å².